The van der Waals surface area contributed by atoms with E-state index in [0.717, 1.165) is 37.0 Å². The largest absolute Gasteiger partial charge is 0.389 e. The molecule has 130 valence electrons. The Morgan fingerprint density at radius 3 is 2.57 bits per heavy atom. The number of aliphatic hydroxyl groups excluding tert-OH is 1. The second-order valence-electron chi connectivity index (χ2n) is 9.29. The van der Waals surface area contributed by atoms with E-state index in [0.29, 0.717) is 10.8 Å². The van der Waals surface area contributed by atoms with Crippen molar-refractivity contribution < 1.29 is 5.11 Å². The topological polar surface area (TPSA) is 20.2 Å². The number of hydrogen-bond acceptors (Lipinski definition) is 1. The summed E-state index contributed by atoms with van der Waals surface area (Å²) in [6, 6.07) is 0. The van der Waals surface area contributed by atoms with Gasteiger partial charge in [-0.15, -0.1) is 0 Å². The van der Waals surface area contributed by atoms with E-state index in [-0.39, 0.29) is 6.10 Å². The van der Waals surface area contributed by atoms with Gasteiger partial charge < -0.3 is 5.11 Å². The van der Waals surface area contributed by atoms with E-state index in [1.54, 1.807) is 5.57 Å². The van der Waals surface area contributed by atoms with E-state index in [1.807, 2.05) is 6.08 Å². The van der Waals surface area contributed by atoms with Crippen molar-refractivity contribution >= 4 is 0 Å². The molecule has 0 amide bonds. The zero-order chi connectivity index (χ0) is 16.7. The first-order chi connectivity index (χ1) is 10.9. The fourth-order valence-corrected chi connectivity index (χ4v) is 6.33. The number of fused-ring (bicyclic) bond motifs is 3. The standard InChI is InChI=1S/C22H36O/c1-5-16-10-11-20-18-9-7-6-8-17(23)12-14-21(2,3)19(18)13-15-22(16,20)4/h5-6,8,17-20,23H,7,9-15H2,1-4H3/b8-6+,16-5-. The predicted octanol–water partition coefficient (Wildman–Crippen LogP) is 5.89. The molecule has 0 radical (unpaired) electrons. The molecule has 0 bridgehead atoms. The quantitative estimate of drug-likeness (QED) is 0.552. The highest BCUT2D eigenvalue weighted by atomic mass is 16.3. The highest BCUT2D eigenvalue weighted by Crippen LogP contribution is 2.62. The third-order valence-corrected chi connectivity index (χ3v) is 7.75. The molecule has 1 N–H and O–H groups in total. The van der Waals surface area contributed by atoms with Gasteiger partial charge in [0.05, 0.1) is 6.10 Å². The van der Waals surface area contributed by atoms with Gasteiger partial charge in [-0.2, -0.15) is 0 Å². The summed E-state index contributed by atoms with van der Waals surface area (Å²) < 4.78 is 0. The molecule has 3 rings (SSSR count). The van der Waals surface area contributed by atoms with E-state index >= 15 is 0 Å². The Kier molecular flexibility index (Phi) is 4.80. The van der Waals surface area contributed by atoms with Gasteiger partial charge in [0, 0.05) is 0 Å². The van der Waals surface area contributed by atoms with Crippen LogP contribution in [0.5, 0.6) is 0 Å². The molecule has 3 aliphatic carbocycles. The van der Waals surface area contributed by atoms with Gasteiger partial charge in [0.15, 0.2) is 0 Å². The maximum atomic E-state index is 10.1. The lowest BCUT2D eigenvalue weighted by Gasteiger charge is -2.52. The zero-order valence-electron chi connectivity index (χ0n) is 15.6. The fraction of sp³-hybridized carbons (Fsp3) is 0.818. The van der Waals surface area contributed by atoms with Crippen LogP contribution in [0.15, 0.2) is 23.8 Å². The number of rotatable bonds is 0. The average Bonchev–Trinajstić information content (AvgIpc) is 2.85. The van der Waals surface area contributed by atoms with Crippen molar-refractivity contribution in [3.05, 3.63) is 23.8 Å². The molecule has 23 heavy (non-hydrogen) atoms. The van der Waals surface area contributed by atoms with Crippen LogP contribution in [0.25, 0.3) is 0 Å². The molecule has 3 aliphatic rings. The van der Waals surface area contributed by atoms with Crippen molar-refractivity contribution in [1.82, 2.24) is 0 Å². The van der Waals surface area contributed by atoms with Crippen LogP contribution in [-0.4, -0.2) is 11.2 Å². The molecule has 1 nitrogen and oxygen atoms in total. The van der Waals surface area contributed by atoms with Crippen LogP contribution >= 0.6 is 0 Å². The lowest BCUT2D eigenvalue weighted by atomic mass is 9.52. The van der Waals surface area contributed by atoms with Crippen molar-refractivity contribution in [2.75, 3.05) is 0 Å². The van der Waals surface area contributed by atoms with E-state index in [9.17, 15) is 5.11 Å². The Hall–Kier alpha value is -0.560. The minimum Gasteiger partial charge on any atom is -0.389 e. The maximum absolute atomic E-state index is 10.1. The zero-order valence-corrected chi connectivity index (χ0v) is 15.6. The molecule has 0 aromatic carbocycles. The van der Waals surface area contributed by atoms with Crippen molar-refractivity contribution in [2.45, 2.75) is 85.2 Å². The minimum absolute atomic E-state index is 0.235. The predicted molar refractivity (Wildman–Crippen MR) is 98.2 cm³/mol. The molecule has 5 unspecified atom stereocenters. The van der Waals surface area contributed by atoms with E-state index < -0.39 is 0 Å². The fourth-order valence-electron chi connectivity index (χ4n) is 6.33. The van der Waals surface area contributed by atoms with Crippen LogP contribution in [0.3, 0.4) is 0 Å². The molecule has 0 heterocycles. The van der Waals surface area contributed by atoms with Gasteiger partial charge in [-0.3, -0.25) is 0 Å². The van der Waals surface area contributed by atoms with Crippen LogP contribution in [-0.2, 0) is 0 Å². The van der Waals surface area contributed by atoms with Gasteiger partial charge >= 0.3 is 0 Å². The summed E-state index contributed by atoms with van der Waals surface area (Å²) in [5.74, 6) is 2.57. The Balaban J connectivity index is 1.91. The molecule has 1 heteroatoms. The summed E-state index contributed by atoms with van der Waals surface area (Å²) in [5.41, 5.74) is 2.57. The summed E-state index contributed by atoms with van der Waals surface area (Å²) in [7, 11) is 0. The van der Waals surface area contributed by atoms with Crippen molar-refractivity contribution in [2.24, 2.45) is 28.6 Å². The molecule has 0 spiro atoms. The molecule has 2 saturated carbocycles. The number of allylic oxidation sites excluding steroid dienone is 3. The lowest BCUT2D eigenvalue weighted by Crippen LogP contribution is -2.44. The van der Waals surface area contributed by atoms with Gasteiger partial charge in [0.2, 0.25) is 0 Å². The average molecular weight is 317 g/mol. The van der Waals surface area contributed by atoms with Crippen LogP contribution in [0.4, 0.5) is 0 Å². The summed E-state index contributed by atoms with van der Waals surface area (Å²) in [5, 5.41) is 10.1. The minimum atomic E-state index is -0.235. The van der Waals surface area contributed by atoms with Crippen molar-refractivity contribution in [1.29, 1.82) is 0 Å². The summed E-state index contributed by atoms with van der Waals surface area (Å²) >= 11 is 0. The van der Waals surface area contributed by atoms with Gasteiger partial charge in [-0.25, -0.2) is 0 Å². The summed E-state index contributed by atoms with van der Waals surface area (Å²) in [4.78, 5) is 0. The van der Waals surface area contributed by atoms with Gasteiger partial charge in [-0.1, -0.05) is 44.6 Å². The van der Waals surface area contributed by atoms with Gasteiger partial charge in [0.25, 0.3) is 0 Å². The molecule has 5 atom stereocenters. The first-order valence-electron chi connectivity index (χ1n) is 9.89. The second-order valence-corrected chi connectivity index (χ2v) is 9.29. The van der Waals surface area contributed by atoms with Crippen LogP contribution in [0, 0.1) is 28.6 Å². The molecule has 0 aromatic rings. The van der Waals surface area contributed by atoms with E-state index in [2.05, 4.69) is 39.8 Å². The van der Waals surface area contributed by atoms with Crippen molar-refractivity contribution in [3.63, 3.8) is 0 Å². The maximum Gasteiger partial charge on any atom is 0.0721 e. The van der Waals surface area contributed by atoms with E-state index in [1.165, 1.54) is 32.1 Å². The Labute approximate surface area is 143 Å². The van der Waals surface area contributed by atoms with Gasteiger partial charge in [0.1, 0.15) is 0 Å². The molecular weight excluding hydrogens is 280 g/mol. The second kappa shape index (κ2) is 6.39. The Morgan fingerprint density at radius 2 is 1.83 bits per heavy atom. The normalized spacial score (nSPS) is 46.9. The smallest absolute Gasteiger partial charge is 0.0721 e. The van der Waals surface area contributed by atoms with Crippen LogP contribution in [0.2, 0.25) is 0 Å². The molecule has 0 saturated heterocycles. The summed E-state index contributed by atoms with van der Waals surface area (Å²) in [6.07, 6.45) is 16.5. The Bertz CT molecular complexity index is 486. The van der Waals surface area contributed by atoms with Gasteiger partial charge in [-0.05, 0) is 86.9 Å². The third kappa shape index (κ3) is 3.06. The van der Waals surface area contributed by atoms with Crippen LogP contribution in [0.1, 0.15) is 79.1 Å². The highest BCUT2D eigenvalue weighted by molar-refractivity contribution is 5.23. The van der Waals surface area contributed by atoms with Crippen LogP contribution < -0.4 is 0 Å². The number of aliphatic hydroxyl groups is 1. The number of hydrogen-bond donors (Lipinski definition) is 1. The molecule has 2 fully saturated rings. The van der Waals surface area contributed by atoms with Crippen molar-refractivity contribution in [3.8, 4) is 0 Å². The Morgan fingerprint density at radius 1 is 1.04 bits per heavy atom. The monoisotopic (exact) mass is 316 g/mol. The lowest BCUT2D eigenvalue weighted by molar-refractivity contribution is -0.0157. The first-order valence-corrected chi connectivity index (χ1v) is 9.89. The molecular formula is C22H36O. The third-order valence-electron chi connectivity index (χ3n) is 7.75. The summed E-state index contributed by atoms with van der Waals surface area (Å²) in [6.45, 7) is 9.74. The molecule has 0 aliphatic heterocycles. The first kappa shape index (κ1) is 17.3. The molecule has 0 aromatic heterocycles. The highest BCUT2D eigenvalue weighted by Gasteiger charge is 2.53. The van der Waals surface area contributed by atoms with E-state index in [4.69, 9.17) is 0 Å². The SMILES string of the molecule is C/C=C1/CCC2C3CC/C=C/C(O)CCC(C)(C)C3CCC12C.